The molecule has 1 saturated heterocycles. The minimum atomic E-state index is -0.512. The van der Waals surface area contributed by atoms with E-state index >= 15 is 0 Å². The molecule has 1 heterocycles. The van der Waals surface area contributed by atoms with Gasteiger partial charge in [-0.25, -0.2) is 4.39 Å². The molecule has 1 atom stereocenters. The van der Waals surface area contributed by atoms with Gasteiger partial charge in [0, 0.05) is 17.6 Å². The smallest absolute Gasteiger partial charge is 0.141 e. The van der Waals surface area contributed by atoms with Gasteiger partial charge in [0.1, 0.15) is 11.9 Å². The fourth-order valence-corrected chi connectivity index (χ4v) is 4.28. The number of hydrogen-bond acceptors (Lipinski definition) is 2. The summed E-state index contributed by atoms with van der Waals surface area (Å²) in [5.41, 5.74) is 2.82. The van der Waals surface area contributed by atoms with Crippen molar-refractivity contribution in [2.45, 2.75) is 58.0 Å². The Balaban J connectivity index is 0.00000145. The van der Waals surface area contributed by atoms with Crippen LogP contribution in [0.25, 0.3) is 11.1 Å². The molecule has 1 aliphatic rings. The van der Waals surface area contributed by atoms with Crippen LogP contribution >= 0.6 is 11.6 Å². The van der Waals surface area contributed by atoms with Crippen LogP contribution in [-0.2, 0) is 6.54 Å². The van der Waals surface area contributed by atoms with Gasteiger partial charge in [-0.1, -0.05) is 55.6 Å². The lowest BCUT2D eigenvalue weighted by Gasteiger charge is -2.40. The van der Waals surface area contributed by atoms with E-state index in [1.165, 1.54) is 37.8 Å². The maximum atomic E-state index is 14.1. The van der Waals surface area contributed by atoms with E-state index in [2.05, 4.69) is 37.7 Å². The van der Waals surface area contributed by atoms with E-state index in [-0.39, 0.29) is 11.1 Å². The first-order chi connectivity index (χ1) is 14.0. The molecule has 0 spiro atoms. The van der Waals surface area contributed by atoms with Gasteiger partial charge in [0.2, 0.25) is 0 Å². The molecule has 1 fully saturated rings. The number of likely N-dealkylation sites (tertiary alicyclic amines) is 1. The van der Waals surface area contributed by atoms with E-state index in [0.717, 1.165) is 30.6 Å². The summed E-state index contributed by atoms with van der Waals surface area (Å²) in [4.78, 5) is 2.56. The van der Waals surface area contributed by atoms with Crippen molar-refractivity contribution in [2.24, 2.45) is 0 Å². The number of nitriles is 1. The topological polar surface area (TPSA) is 27.0 Å². The number of nitrogens with zero attached hydrogens (tertiary/aromatic N) is 2. The Hall–Kier alpha value is -2.33. The third-order valence-electron chi connectivity index (χ3n) is 6.01. The van der Waals surface area contributed by atoms with Crippen LogP contribution in [0, 0.1) is 30.0 Å². The van der Waals surface area contributed by atoms with Crippen molar-refractivity contribution in [3.8, 4) is 30.0 Å². The molecule has 29 heavy (non-hydrogen) atoms. The number of halogens is 2. The predicted molar refractivity (Wildman–Crippen MR) is 119 cm³/mol. The molecule has 0 bridgehead atoms. The molecule has 2 aromatic carbocycles. The Labute approximate surface area is 179 Å². The van der Waals surface area contributed by atoms with Gasteiger partial charge in [0.15, 0.2) is 0 Å². The Morgan fingerprint density at radius 3 is 2.62 bits per heavy atom. The molecular formula is C25H28ClFN2. The molecule has 1 unspecified atom stereocenters. The first kappa shape index (κ1) is 23.0. The minimum Gasteiger partial charge on any atom is -0.294 e. The Bertz CT molecular complexity index is 899. The molecule has 0 amide bonds. The number of benzene rings is 2. The minimum absolute atomic E-state index is 0.0503. The van der Waals surface area contributed by atoms with Crippen molar-refractivity contribution in [1.82, 2.24) is 4.90 Å². The molecular weight excluding hydrogens is 383 g/mol. The summed E-state index contributed by atoms with van der Waals surface area (Å²) >= 11 is 6.75. The van der Waals surface area contributed by atoms with Crippen molar-refractivity contribution in [3.05, 3.63) is 58.4 Å². The quantitative estimate of drug-likeness (QED) is 0.517. The molecule has 0 saturated carbocycles. The highest BCUT2D eigenvalue weighted by molar-refractivity contribution is 6.34. The molecule has 0 aliphatic carbocycles. The van der Waals surface area contributed by atoms with Gasteiger partial charge in [-0.3, -0.25) is 4.90 Å². The molecule has 4 heteroatoms. The second kappa shape index (κ2) is 10.4. The van der Waals surface area contributed by atoms with Crippen LogP contribution in [-0.4, -0.2) is 17.0 Å². The van der Waals surface area contributed by atoms with Crippen LogP contribution in [0.2, 0.25) is 5.02 Å². The van der Waals surface area contributed by atoms with Gasteiger partial charge < -0.3 is 0 Å². The first-order valence-corrected chi connectivity index (χ1v) is 10.4. The summed E-state index contributed by atoms with van der Waals surface area (Å²) in [6.07, 6.45) is 14.1. The molecule has 2 aromatic rings. The molecule has 1 aliphatic heterocycles. The summed E-state index contributed by atoms with van der Waals surface area (Å²) < 4.78 is 14.1. The van der Waals surface area contributed by atoms with Gasteiger partial charge in [-0.05, 0) is 56.0 Å². The van der Waals surface area contributed by atoms with Crippen molar-refractivity contribution in [1.29, 1.82) is 5.26 Å². The SMILES string of the molecule is C#C.CCC1(C)CCCCCN1Cc1cccc(-c2ccc(C#N)c(F)c2)c1Cl. The molecule has 152 valence electrons. The van der Waals surface area contributed by atoms with Gasteiger partial charge in [-0.15, -0.1) is 12.8 Å². The van der Waals surface area contributed by atoms with Gasteiger partial charge in [0.05, 0.1) is 10.6 Å². The summed E-state index contributed by atoms with van der Waals surface area (Å²) in [7, 11) is 0. The van der Waals surface area contributed by atoms with Crippen LogP contribution in [0.4, 0.5) is 4.39 Å². The maximum absolute atomic E-state index is 14.1. The number of rotatable bonds is 4. The second-order valence-corrected chi connectivity index (χ2v) is 8.05. The van der Waals surface area contributed by atoms with E-state index in [4.69, 9.17) is 16.9 Å². The Kier molecular flexibility index (Phi) is 8.27. The van der Waals surface area contributed by atoms with Crippen LogP contribution in [0.5, 0.6) is 0 Å². The highest BCUT2D eigenvalue weighted by atomic mass is 35.5. The lowest BCUT2D eigenvalue weighted by atomic mass is 9.90. The Morgan fingerprint density at radius 1 is 1.21 bits per heavy atom. The summed E-state index contributed by atoms with van der Waals surface area (Å²) in [6.45, 7) is 6.49. The van der Waals surface area contributed by atoms with Crippen molar-refractivity contribution in [3.63, 3.8) is 0 Å². The van der Waals surface area contributed by atoms with E-state index in [1.54, 1.807) is 6.07 Å². The number of hydrogen-bond donors (Lipinski definition) is 0. The van der Waals surface area contributed by atoms with Crippen molar-refractivity contribution >= 4 is 11.6 Å². The van der Waals surface area contributed by atoms with E-state index in [0.29, 0.717) is 10.6 Å². The van der Waals surface area contributed by atoms with Crippen molar-refractivity contribution < 1.29 is 4.39 Å². The van der Waals surface area contributed by atoms with Gasteiger partial charge in [0.25, 0.3) is 0 Å². The standard InChI is InChI=1S/C23H26ClFN2.C2H2/c1-3-23(2)12-5-4-6-13-27(23)16-19-8-7-9-20(22(19)24)17-10-11-18(15-26)21(25)14-17;1-2/h7-11,14H,3-6,12-13,16H2,1-2H3;1-2H. The van der Waals surface area contributed by atoms with E-state index in [1.807, 2.05) is 18.2 Å². The average Bonchev–Trinajstić information content (AvgIpc) is 2.93. The van der Waals surface area contributed by atoms with E-state index in [9.17, 15) is 4.39 Å². The van der Waals surface area contributed by atoms with Crippen LogP contribution in [0.15, 0.2) is 36.4 Å². The largest absolute Gasteiger partial charge is 0.294 e. The fraction of sp³-hybridized carbons (Fsp3) is 0.400. The molecule has 0 N–H and O–H groups in total. The summed E-state index contributed by atoms with van der Waals surface area (Å²) in [5.74, 6) is -0.512. The predicted octanol–water partition coefficient (Wildman–Crippen LogP) is 6.81. The number of terminal acetylenes is 1. The summed E-state index contributed by atoms with van der Waals surface area (Å²) in [6, 6.07) is 12.5. The van der Waals surface area contributed by atoms with E-state index < -0.39 is 5.82 Å². The lowest BCUT2D eigenvalue weighted by Crippen LogP contribution is -2.44. The zero-order chi connectivity index (χ0) is 21.4. The third-order valence-corrected chi connectivity index (χ3v) is 6.46. The second-order valence-electron chi connectivity index (χ2n) is 7.67. The van der Waals surface area contributed by atoms with Crippen LogP contribution < -0.4 is 0 Å². The zero-order valence-electron chi connectivity index (χ0n) is 17.2. The third kappa shape index (κ3) is 5.18. The highest BCUT2D eigenvalue weighted by Gasteiger charge is 2.31. The van der Waals surface area contributed by atoms with Crippen molar-refractivity contribution in [2.75, 3.05) is 6.54 Å². The molecule has 0 aromatic heterocycles. The van der Waals surface area contributed by atoms with Gasteiger partial charge >= 0.3 is 0 Å². The monoisotopic (exact) mass is 410 g/mol. The maximum Gasteiger partial charge on any atom is 0.141 e. The molecule has 3 rings (SSSR count). The molecule has 2 nitrogen and oxygen atoms in total. The lowest BCUT2D eigenvalue weighted by molar-refractivity contribution is 0.0926. The van der Waals surface area contributed by atoms with Gasteiger partial charge in [-0.2, -0.15) is 5.26 Å². The summed E-state index contributed by atoms with van der Waals surface area (Å²) in [5, 5.41) is 9.61. The van der Waals surface area contributed by atoms with Crippen LogP contribution in [0.1, 0.15) is 57.1 Å². The zero-order valence-corrected chi connectivity index (χ0v) is 18.0. The van der Waals surface area contributed by atoms with Crippen LogP contribution in [0.3, 0.4) is 0 Å². The Morgan fingerprint density at radius 2 is 1.97 bits per heavy atom. The normalized spacial score (nSPS) is 19.5. The average molecular weight is 411 g/mol. The molecule has 0 radical (unpaired) electrons. The fourth-order valence-electron chi connectivity index (χ4n) is 3.99. The highest BCUT2D eigenvalue weighted by Crippen LogP contribution is 2.36. The first-order valence-electron chi connectivity index (χ1n) is 10.0.